The fraction of sp³-hybridized carbons (Fsp3) is 0.200. The van der Waals surface area contributed by atoms with Gasteiger partial charge in [-0.1, -0.05) is 0 Å². The van der Waals surface area contributed by atoms with Crippen LogP contribution in [0.15, 0.2) is 30.9 Å². The quantitative estimate of drug-likeness (QED) is 0.707. The Balaban J connectivity index is 2.41. The molecule has 72 valence electrons. The third-order valence-corrected chi connectivity index (χ3v) is 2.30. The summed E-state index contributed by atoms with van der Waals surface area (Å²) in [6.07, 6.45) is 7.35. The molecule has 0 aromatic carbocycles. The van der Waals surface area contributed by atoms with Crippen molar-refractivity contribution in [1.29, 1.82) is 0 Å². The van der Waals surface area contributed by atoms with Gasteiger partial charge in [0.2, 0.25) is 0 Å². The lowest BCUT2D eigenvalue weighted by molar-refractivity contribution is 0.768. The van der Waals surface area contributed by atoms with Crippen molar-refractivity contribution < 1.29 is 0 Å². The molecule has 4 heteroatoms. The molecule has 0 aliphatic heterocycles. The van der Waals surface area contributed by atoms with E-state index >= 15 is 0 Å². The van der Waals surface area contributed by atoms with Gasteiger partial charge in [-0.2, -0.15) is 5.10 Å². The second-order valence-electron chi connectivity index (χ2n) is 3.12. The fourth-order valence-electron chi connectivity index (χ4n) is 1.29. The van der Waals surface area contributed by atoms with Gasteiger partial charge in [0.1, 0.15) is 0 Å². The smallest absolute Gasteiger partial charge is 0.0568 e. The van der Waals surface area contributed by atoms with Gasteiger partial charge in [0.25, 0.3) is 0 Å². The number of pyridine rings is 1. The number of aryl methyl sites for hydroxylation is 1. The zero-order valence-corrected chi connectivity index (χ0v) is 8.57. The Morgan fingerprint density at radius 1 is 1.29 bits per heavy atom. The number of aromatic nitrogens is 3. The lowest BCUT2D eigenvalue weighted by atomic mass is 10.1. The topological polar surface area (TPSA) is 30.7 Å². The highest BCUT2D eigenvalue weighted by molar-refractivity contribution is 6.17. The molecule has 2 rings (SSSR count). The predicted octanol–water partition coefficient (Wildman–Crippen LogP) is 2.22. The van der Waals surface area contributed by atoms with E-state index in [0.29, 0.717) is 5.88 Å². The van der Waals surface area contributed by atoms with Crippen LogP contribution < -0.4 is 0 Å². The number of halogens is 1. The molecular formula is C10H10ClN3. The van der Waals surface area contributed by atoms with Crippen LogP contribution in [-0.2, 0) is 12.9 Å². The molecule has 2 heterocycles. The highest BCUT2D eigenvalue weighted by atomic mass is 35.5. The molecule has 0 saturated heterocycles. The van der Waals surface area contributed by atoms with Crippen molar-refractivity contribution in [2.75, 3.05) is 0 Å². The molecular weight excluding hydrogens is 198 g/mol. The molecule has 0 spiro atoms. The summed E-state index contributed by atoms with van der Waals surface area (Å²) in [6, 6.07) is 2.02. The molecule has 0 atom stereocenters. The first-order valence-electron chi connectivity index (χ1n) is 4.28. The van der Waals surface area contributed by atoms with Crippen molar-refractivity contribution in [2.24, 2.45) is 7.05 Å². The summed E-state index contributed by atoms with van der Waals surface area (Å²) in [5.41, 5.74) is 3.14. The molecule has 2 aromatic rings. The van der Waals surface area contributed by atoms with Crippen molar-refractivity contribution in [3.05, 3.63) is 36.4 Å². The second-order valence-corrected chi connectivity index (χ2v) is 3.39. The van der Waals surface area contributed by atoms with E-state index < -0.39 is 0 Å². The van der Waals surface area contributed by atoms with Crippen LogP contribution in [0.5, 0.6) is 0 Å². The Kier molecular flexibility index (Phi) is 2.50. The van der Waals surface area contributed by atoms with Crippen molar-refractivity contribution in [3.63, 3.8) is 0 Å². The predicted molar refractivity (Wildman–Crippen MR) is 56.0 cm³/mol. The maximum atomic E-state index is 5.73. The molecule has 0 unspecified atom stereocenters. The molecule has 0 N–H and O–H groups in total. The molecule has 0 bridgehead atoms. The molecule has 0 amide bonds. The SMILES string of the molecule is Cn1cc(-c2cncc(CCl)c2)cn1. The normalized spacial score (nSPS) is 10.4. The van der Waals surface area contributed by atoms with Gasteiger partial charge in [-0.25, -0.2) is 0 Å². The van der Waals surface area contributed by atoms with Crippen LogP contribution in [0.4, 0.5) is 0 Å². The Bertz CT molecular complexity index is 436. The van der Waals surface area contributed by atoms with Crippen LogP contribution in [0, 0.1) is 0 Å². The van der Waals surface area contributed by atoms with E-state index in [1.165, 1.54) is 0 Å². The summed E-state index contributed by atoms with van der Waals surface area (Å²) in [6.45, 7) is 0. The van der Waals surface area contributed by atoms with Crippen LogP contribution in [0.25, 0.3) is 11.1 Å². The molecule has 0 fully saturated rings. The second kappa shape index (κ2) is 3.80. The summed E-state index contributed by atoms with van der Waals surface area (Å²) in [7, 11) is 1.89. The minimum atomic E-state index is 0.487. The molecule has 0 radical (unpaired) electrons. The van der Waals surface area contributed by atoms with Gasteiger partial charge in [-0.05, 0) is 11.6 Å². The Hall–Kier alpha value is -1.35. The third-order valence-electron chi connectivity index (χ3n) is 1.99. The Labute approximate surface area is 87.3 Å². The van der Waals surface area contributed by atoms with Crippen LogP contribution >= 0.6 is 11.6 Å². The number of hydrogen-bond donors (Lipinski definition) is 0. The summed E-state index contributed by atoms with van der Waals surface area (Å²) >= 11 is 5.73. The number of rotatable bonds is 2. The maximum Gasteiger partial charge on any atom is 0.0568 e. The average molecular weight is 208 g/mol. The Morgan fingerprint density at radius 2 is 2.14 bits per heavy atom. The van der Waals surface area contributed by atoms with Gasteiger partial charge in [0, 0.05) is 42.6 Å². The lowest BCUT2D eigenvalue weighted by Crippen LogP contribution is -1.85. The molecule has 0 saturated carbocycles. The van der Waals surface area contributed by atoms with E-state index in [1.54, 1.807) is 10.9 Å². The summed E-state index contributed by atoms with van der Waals surface area (Å²) < 4.78 is 1.77. The monoisotopic (exact) mass is 207 g/mol. The Morgan fingerprint density at radius 3 is 2.79 bits per heavy atom. The van der Waals surface area contributed by atoms with Gasteiger partial charge in [-0.15, -0.1) is 11.6 Å². The highest BCUT2D eigenvalue weighted by Gasteiger charge is 2.01. The standard InChI is InChI=1S/C10H10ClN3/c1-14-7-10(6-13-14)9-2-8(3-11)4-12-5-9/h2,4-7H,3H2,1H3. The summed E-state index contributed by atoms with van der Waals surface area (Å²) in [5, 5.41) is 4.10. The van der Waals surface area contributed by atoms with Crippen molar-refractivity contribution >= 4 is 11.6 Å². The minimum absolute atomic E-state index is 0.487. The lowest BCUT2D eigenvalue weighted by Gasteiger charge is -1.98. The van der Waals surface area contributed by atoms with Crippen LogP contribution in [0.3, 0.4) is 0 Å². The van der Waals surface area contributed by atoms with E-state index in [1.807, 2.05) is 31.7 Å². The van der Waals surface area contributed by atoms with Crippen molar-refractivity contribution in [2.45, 2.75) is 5.88 Å². The van der Waals surface area contributed by atoms with E-state index in [4.69, 9.17) is 11.6 Å². The zero-order chi connectivity index (χ0) is 9.97. The fourth-order valence-corrected chi connectivity index (χ4v) is 1.43. The number of alkyl halides is 1. The van der Waals surface area contributed by atoms with Crippen LogP contribution in [-0.4, -0.2) is 14.8 Å². The van der Waals surface area contributed by atoms with Gasteiger partial charge >= 0.3 is 0 Å². The van der Waals surface area contributed by atoms with Gasteiger partial charge < -0.3 is 0 Å². The van der Waals surface area contributed by atoms with Gasteiger partial charge in [-0.3, -0.25) is 9.67 Å². The van der Waals surface area contributed by atoms with Crippen LogP contribution in [0.2, 0.25) is 0 Å². The van der Waals surface area contributed by atoms with E-state index in [9.17, 15) is 0 Å². The average Bonchev–Trinajstić information content (AvgIpc) is 2.65. The molecule has 2 aromatic heterocycles. The largest absolute Gasteiger partial charge is 0.275 e. The first-order valence-corrected chi connectivity index (χ1v) is 4.82. The van der Waals surface area contributed by atoms with Crippen molar-refractivity contribution in [1.82, 2.24) is 14.8 Å². The number of hydrogen-bond acceptors (Lipinski definition) is 2. The maximum absolute atomic E-state index is 5.73. The van der Waals surface area contributed by atoms with E-state index in [0.717, 1.165) is 16.7 Å². The van der Waals surface area contributed by atoms with Crippen molar-refractivity contribution in [3.8, 4) is 11.1 Å². The zero-order valence-electron chi connectivity index (χ0n) is 7.81. The molecule has 0 aliphatic rings. The van der Waals surface area contributed by atoms with E-state index in [-0.39, 0.29) is 0 Å². The molecule has 0 aliphatic carbocycles. The highest BCUT2D eigenvalue weighted by Crippen LogP contribution is 2.18. The summed E-state index contributed by atoms with van der Waals surface area (Å²) in [5.74, 6) is 0.487. The first kappa shape index (κ1) is 9.21. The summed E-state index contributed by atoms with van der Waals surface area (Å²) in [4.78, 5) is 4.12. The van der Waals surface area contributed by atoms with Gasteiger partial charge in [0.15, 0.2) is 0 Å². The van der Waals surface area contributed by atoms with E-state index in [2.05, 4.69) is 10.1 Å². The third kappa shape index (κ3) is 1.77. The molecule has 3 nitrogen and oxygen atoms in total. The molecule has 14 heavy (non-hydrogen) atoms. The van der Waals surface area contributed by atoms with Crippen LogP contribution in [0.1, 0.15) is 5.56 Å². The van der Waals surface area contributed by atoms with Gasteiger partial charge in [0.05, 0.1) is 6.20 Å². The first-order chi connectivity index (χ1) is 6.79. The minimum Gasteiger partial charge on any atom is -0.275 e. The number of nitrogens with zero attached hydrogens (tertiary/aromatic N) is 3.